The molecule has 1 aliphatic rings. The Morgan fingerprint density at radius 3 is 2.23 bits per heavy atom. The van der Waals surface area contributed by atoms with E-state index < -0.39 is 27.6 Å². The summed E-state index contributed by atoms with van der Waals surface area (Å²) in [4.78, 5) is 24.3. The average molecular weight is 595 g/mol. The Bertz CT molecular complexity index is 1420. The van der Waals surface area contributed by atoms with E-state index in [1.165, 1.54) is 54.6 Å². The van der Waals surface area contributed by atoms with Crippen molar-refractivity contribution in [2.24, 2.45) is 5.92 Å². The van der Waals surface area contributed by atoms with Gasteiger partial charge in [-0.1, -0.05) is 0 Å². The molecular weight excluding hydrogens is 566 g/mol. The Balaban J connectivity index is 0.00000441. The highest BCUT2D eigenvalue weighted by Gasteiger charge is 2.19. The Morgan fingerprint density at radius 1 is 0.900 bits per heavy atom. The van der Waals surface area contributed by atoms with Crippen molar-refractivity contribution in [3.63, 3.8) is 0 Å². The first-order chi connectivity index (χ1) is 18.7. The van der Waals surface area contributed by atoms with Crippen LogP contribution in [-0.2, 0) is 14.8 Å². The summed E-state index contributed by atoms with van der Waals surface area (Å²) < 4.78 is 60.9. The largest absolute Gasteiger partial charge is 0.455 e. The first kappa shape index (κ1) is 30.8. The molecular formula is C27H29ClF2N4O5S. The monoisotopic (exact) mass is 594 g/mol. The number of hydrogen-bond acceptors (Lipinski definition) is 6. The molecule has 2 amide bonds. The van der Waals surface area contributed by atoms with E-state index in [2.05, 4.69) is 20.7 Å². The second-order valence-electron chi connectivity index (χ2n) is 9.01. The van der Waals surface area contributed by atoms with E-state index in [0.717, 1.165) is 38.1 Å². The molecule has 9 nitrogen and oxygen atoms in total. The van der Waals surface area contributed by atoms with Crippen molar-refractivity contribution < 1.29 is 31.5 Å². The molecule has 0 bridgehead atoms. The van der Waals surface area contributed by atoms with E-state index >= 15 is 0 Å². The summed E-state index contributed by atoms with van der Waals surface area (Å²) >= 11 is 0. The van der Waals surface area contributed by atoms with E-state index in [0.29, 0.717) is 12.5 Å². The number of piperidine rings is 1. The number of benzene rings is 3. The smallest absolute Gasteiger partial charge is 0.262 e. The van der Waals surface area contributed by atoms with Gasteiger partial charge in [-0.05, 0) is 92.5 Å². The third kappa shape index (κ3) is 8.63. The zero-order valence-corrected chi connectivity index (χ0v) is 22.9. The normalized spacial score (nSPS) is 13.6. The molecule has 214 valence electrons. The van der Waals surface area contributed by atoms with Gasteiger partial charge in [-0.25, -0.2) is 17.2 Å². The number of amides is 2. The molecule has 13 heteroatoms. The summed E-state index contributed by atoms with van der Waals surface area (Å²) in [6.45, 7) is 2.19. The van der Waals surface area contributed by atoms with Gasteiger partial charge >= 0.3 is 0 Å². The van der Waals surface area contributed by atoms with Crippen LogP contribution in [0.5, 0.6) is 11.5 Å². The molecule has 0 unspecified atom stereocenters. The molecule has 40 heavy (non-hydrogen) atoms. The Labute approximate surface area is 237 Å². The molecule has 0 spiro atoms. The van der Waals surface area contributed by atoms with Gasteiger partial charge in [-0.3, -0.25) is 14.3 Å². The predicted molar refractivity (Wildman–Crippen MR) is 148 cm³/mol. The summed E-state index contributed by atoms with van der Waals surface area (Å²) in [6, 6.07) is 13.4. The standard InChI is InChI=1S/C27H28F2N4O5S.ClH/c28-20-3-6-22(7-4-20)38-25-10-5-21(29)15-24(25)33-39(36,37)23-8-1-19(2-9-23)27(35)32-17-26(34)31-16-18-11-13-30-14-12-18;/h1-10,15,18,30,33H,11-14,16-17H2,(H,31,34)(H,32,35);1H. The number of carbonyl (C=O) groups excluding carboxylic acids is 2. The lowest BCUT2D eigenvalue weighted by Crippen LogP contribution is -2.40. The molecule has 0 atom stereocenters. The number of sulfonamides is 1. The third-order valence-corrected chi connectivity index (χ3v) is 7.49. The molecule has 1 saturated heterocycles. The van der Waals surface area contributed by atoms with Crippen molar-refractivity contribution in [2.75, 3.05) is 30.9 Å². The van der Waals surface area contributed by atoms with Gasteiger partial charge in [0.25, 0.3) is 15.9 Å². The van der Waals surface area contributed by atoms with Gasteiger partial charge in [0.05, 0.1) is 17.1 Å². The summed E-state index contributed by atoms with van der Waals surface area (Å²) in [6.07, 6.45) is 1.97. The van der Waals surface area contributed by atoms with Crippen molar-refractivity contribution in [3.05, 3.63) is 83.9 Å². The Morgan fingerprint density at radius 2 is 1.55 bits per heavy atom. The predicted octanol–water partition coefficient (Wildman–Crippen LogP) is 3.83. The van der Waals surface area contributed by atoms with Crippen LogP contribution in [0.25, 0.3) is 0 Å². The van der Waals surface area contributed by atoms with Crippen LogP contribution in [0, 0.1) is 17.6 Å². The molecule has 0 aromatic heterocycles. The minimum Gasteiger partial charge on any atom is -0.455 e. The molecule has 1 heterocycles. The number of nitrogens with one attached hydrogen (secondary N) is 4. The molecule has 0 saturated carbocycles. The molecule has 1 fully saturated rings. The topological polar surface area (TPSA) is 126 Å². The van der Waals surface area contributed by atoms with Crippen molar-refractivity contribution in [3.8, 4) is 11.5 Å². The maximum absolute atomic E-state index is 13.9. The summed E-state index contributed by atoms with van der Waals surface area (Å²) in [5.74, 6) is -1.39. The number of rotatable bonds is 10. The summed E-state index contributed by atoms with van der Waals surface area (Å²) in [5.41, 5.74) is -0.0113. The molecule has 3 aromatic rings. The number of halogens is 3. The average Bonchev–Trinajstić information content (AvgIpc) is 2.93. The molecule has 0 aliphatic carbocycles. The molecule has 1 aliphatic heterocycles. The fraction of sp³-hybridized carbons (Fsp3) is 0.259. The van der Waals surface area contributed by atoms with Crippen LogP contribution in [0.2, 0.25) is 0 Å². The molecule has 0 radical (unpaired) electrons. The fourth-order valence-electron chi connectivity index (χ4n) is 3.96. The van der Waals surface area contributed by atoms with E-state index in [1.54, 1.807) is 0 Å². The highest BCUT2D eigenvalue weighted by atomic mass is 35.5. The van der Waals surface area contributed by atoms with Gasteiger partial charge in [0, 0.05) is 18.2 Å². The second kappa shape index (κ2) is 14.1. The van der Waals surface area contributed by atoms with Gasteiger partial charge in [0.1, 0.15) is 17.4 Å². The number of hydrogen-bond donors (Lipinski definition) is 4. The van der Waals surface area contributed by atoms with Crippen LogP contribution in [0.1, 0.15) is 23.2 Å². The number of anilines is 1. The van der Waals surface area contributed by atoms with E-state index in [1.807, 2.05) is 0 Å². The van der Waals surface area contributed by atoms with Gasteiger partial charge < -0.3 is 20.7 Å². The highest BCUT2D eigenvalue weighted by molar-refractivity contribution is 7.92. The maximum Gasteiger partial charge on any atom is 0.262 e. The fourth-order valence-corrected chi connectivity index (χ4v) is 5.02. The minimum absolute atomic E-state index is 0. The van der Waals surface area contributed by atoms with Crippen LogP contribution in [0.15, 0.2) is 71.6 Å². The minimum atomic E-state index is -4.19. The van der Waals surface area contributed by atoms with Crippen LogP contribution in [0.3, 0.4) is 0 Å². The Kier molecular flexibility index (Phi) is 10.8. The van der Waals surface area contributed by atoms with Gasteiger partial charge in [-0.2, -0.15) is 0 Å². The quantitative estimate of drug-likeness (QED) is 0.283. The van der Waals surface area contributed by atoms with Crippen molar-refractivity contribution >= 4 is 39.9 Å². The van der Waals surface area contributed by atoms with Gasteiger partial charge in [0.2, 0.25) is 5.91 Å². The third-order valence-electron chi connectivity index (χ3n) is 6.11. The van der Waals surface area contributed by atoms with E-state index in [-0.39, 0.29) is 52.5 Å². The second-order valence-corrected chi connectivity index (χ2v) is 10.7. The first-order valence-electron chi connectivity index (χ1n) is 12.3. The van der Waals surface area contributed by atoms with Gasteiger partial charge in [-0.15, -0.1) is 12.4 Å². The zero-order valence-electron chi connectivity index (χ0n) is 21.3. The first-order valence-corrected chi connectivity index (χ1v) is 13.8. The Hall–Kier alpha value is -3.74. The van der Waals surface area contributed by atoms with Crippen LogP contribution < -0.4 is 25.4 Å². The SMILES string of the molecule is Cl.O=C(CNC(=O)c1ccc(S(=O)(=O)Nc2cc(F)ccc2Oc2ccc(F)cc2)cc1)NCC1CCNCC1. The summed E-state index contributed by atoms with van der Waals surface area (Å²) in [7, 11) is -4.19. The lowest BCUT2D eigenvalue weighted by molar-refractivity contribution is -0.120. The van der Waals surface area contributed by atoms with E-state index in [4.69, 9.17) is 4.74 Å². The van der Waals surface area contributed by atoms with Crippen molar-refractivity contribution in [1.29, 1.82) is 0 Å². The summed E-state index contributed by atoms with van der Waals surface area (Å²) in [5, 5.41) is 8.59. The number of ether oxygens (including phenoxy) is 1. The van der Waals surface area contributed by atoms with Crippen molar-refractivity contribution in [2.45, 2.75) is 17.7 Å². The highest BCUT2D eigenvalue weighted by Crippen LogP contribution is 2.32. The van der Waals surface area contributed by atoms with Gasteiger partial charge in [0.15, 0.2) is 5.75 Å². The molecule has 4 N–H and O–H groups in total. The van der Waals surface area contributed by atoms with Crippen LogP contribution >= 0.6 is 12.4 Å². The lowest BCUT2D eigenvalue weighted by atomic mass is 9.98. The van der Waals surface area contributed by atoms with E-state index in [9.17, 15) is 26.8 Å². The van der Waals surface area contributed by atoms with Crippen LogP contribution in [0.4, 0.5) is 14.5 Å². The molecule has 3 aromatic carbocycles. The van der Waals surface area contributed by atoms with Crippen LogP contribution in [-0.4, -0.2) is 46.4 Å². The maximum atomic E-state index is 13.9. The number of carbonyl (C=O) groups is 2. The molecule has 4 rings (SSSR count). The lowest BCUT2D eigenvalue weighted by Gasteiger charge is -2.22. The zero-order chi connectivity index (χ0) is 27.8. The van der Waals surface area contributed by atoms with Crippen molar-refractivity contribution in [1.82, 2.24) is 16.0 Å².